The second-order valence-electron chi connectivity index (χ2n) is 6.28. The van der Waals surface area contributed by atoms with Crippen molar-refractivity contribution < 1.29 is 0 Å². The molecule has 0 radical (unpaired) electrons. The average molecular weight is 289 g/mol. The van der Waals surface area contributed by atoms with Gasteiger partial charge in [-0.2, -0.15) is 0 Å². The van der Waals surface area contributed by atoms with Crippen molar-refractivity contribution in [2.45, 2.75) is 39.3 Å². The Morgan fingerprint density at radius 1 is 0.952 bits per heavy atom. The number of nitrogens with one attached hydrogen (secondary N) is 1. The largest absolute Gasteiger partial charge is 0.313 e. The van der Waals surface area contributed by atoms with Crippen LogP contribution in [0.1, 0.15) is 37.3 Å². The van der Waals surface area contributed by atoms with Gasteiger partial charge in [-0.15, -0.1) is 0 Å². The predicted octanol–water partition coefficient (Wildman–Crippen LogP) is 2.71. The Morgan fingerprint density at radius 3 is 2.29 bits per heavy atom. The van der Waals surface area contributed by atoms with Gasteiger partial charge in [-0.3, -0.25) is 4.90 Å². The quantitative estimate of drug-likeness (QED) is 0.742. The van der Waals surface area contributed by atoms with Crippen LogP contribution in [0.2, 0.25) is 0 Å². The Bertz CT molecular complexity index is 380. The van der Waals surface area contributed by atoms with Gasteiger partial charge in [0, 0.05) is 39.3 Å². The SMILES string of the molecule is CCCCCNCc1ccc(CN2CCN(C)CC2)cc1. The molecule has 1 aliphatic heterocycles. The zero-order valence-corrected chi connectivity index (χ0v) is 13.8. The molecule has 0 unspecified atom stereocenters. The van der Waals surface area contributed by atoms with Crippen molar-refractivity contribution in [2.75, 3.05) is 39.8 Å². The van der Waals surface area contributed by atoms with E-state index in [2.05, 4.69) is 53.4 Å². The molecular weight excluding hydrogens is 258 g/mol. The van der Waals surface area contributed by atoms with Crippen LogP contribution in [0.4, 0.5) is 0 Å². The Morgan fingerprint density at radius 2 is 1.62 bits per heavy atom. The summed E-state index contributed by atoms with van der Waals surface area (Å²) in [6.07, 6.45) is 3.91. The van der Waals surface area contributed by atoms with Gasteiger partial charge in [-0.05, 0) is 31.1 Å². The first-order chi connectivity index (χ1) is 10.3. The molecule has 1 aromatic rings. The molecule has 1 heterocycles. The molecule has 3 heteroatoms. The first-order valence-corrected chi connectivity index (χ1v) is 8.47. The highest BCUT2D eigenvalue weighted by Crippen LogP contribution is 2.09. The summed E-state index contributed by atoms with van der Waals surface area (Å²) in [5.41, 5.74) is 2.84. The van der Waals surface area contributed by atoms with Crippen molar-refractivity contribution in [3.8, 4) is 0 Å². The molecule has 0 atom stereocenters. The smallest absolute Gasteiger partial charge is 0.0234 e. The van der Waals surface area contributed by atoms with Crippen molar-refractivity contribution in [2.24, 2.45) is 0 Å². The molecule has 0 aromatic heterocycles. The van der Waals surface area contributed by atoms with E-state index in [0.29, 0.717) is 0 Å². The van der Waals surface area contributed by atoms with Crippen LogP contribution in [0.15, 0.2) is 24.3 Å². The highest BCUT2D eigenvalue weighted by atomic mass is 15.2. The van der Waals surface area contributed by atoms with E-state index in [1.807, 2.05) is 0 Å². The van der Waals surface area contributed by atoms with Crippen LogP contribution in [0, 0.1) is 0 Å². The summed E-state index contributed by atoms with van der Waals surface area (Å²) in [5.74, 6) is 0. The number of likely N-dealkylation sites (N-methyl/N-ethyl adjacent to an activating group) is 1. The Balaban J connectivity index is 1.69. The number of unbranched alkanes of at least 4 members (excludes halogenated alkanes) is 2. The lowest BCUT2D eigenvalue weighted by Gasteiger charge is -2.32. The van der Waals surface area contributed by atoms with Gasteiger partial charge in [0.2, 0.25) is 0 Å². The van der Waals surface area contributed by atoms with E-state index in [1.54, 1.807) is 0 Å². The average Bonchev–Trinajstić information content (AvgIpc) is 2.51. The molecule has 0 amide bonds. The van der Waals surface area contributed by atoms with Gasteiger partial charge in [0.05, 0.1) is 0 Å². The maximum absolute atomic E-state index is 3.53. The monoisotopic (exact) mass is 289 g/mol. The molecule has 1 saturated heterocycles. The van der Waals surface area contributed by atoms with Gasteiger partial charge >= 0.3 is 0 Å². The number of nitrogens with zero attached hydrogens (tertiary/aromatic N) is 2. The van der Waals surface area contributed by atoms with E-state index < -0.39 is 0 Å². The summed E-state index contributed by atoms with van der Waals surface area (Å²) >= 11 is 0. The van der Waals surface area contributed by atoms with Crippen LogP contribution in [-0.4, -0.2) is 49.6 Å². The summed E-state index contributed by atoms with van der Waals surface area (Å²) in [6, 6.07) is 9.14. The van der Waals surface area contributed by atoms with Crippen LogP contribution in [0.25, 0.3) is 0 Å². The predicted molar refractivity (Wildman–Crippen MR) is 90.4 cm³/mol. The van der Waals surface area contributed by atoms with E-state index in [9.17, 15) is 0 Å². The van der Waals surface area contributed by atoms with Crippen LogP contribution in [0.5, 0.6) is 0 Å². The van der Waals surface area contributed by atoms with Crippen molar-refractivity contribution >= 4 is 0 Å². The maximum Gasteiger partial charge on any atom is 0.0234 e. The Hall–Kier alpha value is -0.900. The number of hydrogen-bond acceptors (Lipinski definition) is 3. The topological polar surface area (TPSA) is 18.5 Å². The minimum Gasteiger partial charge on any atom is -0.313 e. The molecule has 118 valence electrons. The molecule has 21 heavy (non-hydrogen) atoms. The standard InChI is InChI=1S/C18H31N3/c1-3-4-5-10-19-15-17-6-8-18(9-7-17)16-21-13-11-20(2)12-14-21/h6-9,19H,3-5,10-16H2,1-2H3. The maximum atomic E-state index is 3.53. The van der Waals surface area contributed by atoms with Gasteiger partial charge in [0.25, 0.3) is 0 Å². The summed E-state index contributed by atoms with van der Waals surface area (Å²) < 4.78 is 0. The second kappa shape index (κ2) is 9.19. The number of rotatable bonds is 8. The molecule has 0 saturated carbocycles. The zero-order valence-electron chi connectivity index (χ0n) is 13.8. The number of piperazine rings is 1. The zero-order chi connectivity index (χ0) is 14.9. The molecule has 1 N–H and O–H groups in total. The van der Waals surface area contributed by atoms with Crippen molar-refractivity contribution in [3.05, 3.63) is 35.4 Å². The van der Waals surface area contributed by atoms with Crippen LogP contribution >= 0.6 is 0 Å². The highest BCUT2D eigenvalue weighted by molar-refractivity contribution is 5.22. The fraction of sp³-hybridized carbons (Fsp3) is 0.667. The van der Waals surface area contributed by atoms with Gasteiger partial charge in [-0.25, -0.2) is 0 Å². The summed E-state index contributed by atoms with van der Waals surface area (Å²) in [7, 11) is 2.21. The third kappa shape index (κ3) is 6.16. The van der Waals surface area contributed by atoms with E-state index in [-0.39, 0.29) is 0 Å². The first kappa shape index (κ1) is 16.5. The summed E-state index contributed by atoms with van der Waals surface area (Å²) in [5, 5.41) is 3.53. The van der Waals surface area contributed by atoms with Crippen molar-refractivity contribution in [1.82, 2.24) is 15.1 Å². The molecule has 0 aliphatic carbocycles. The minimum atomic E-state index is 0.999. The minimum absolute atomic E-state index is 0.999. The van der Waals surface area contributed by atoms with E-state index in [1.165, 1.54) is 56.6 Å². The van der Waals surface area contributed by atoms with Gasteiger partial charge in [-0.1, -0.05) is 44.0 Å². The molecule has 1 aromatic carbocycles. The molecule has 1 fully saturated rings. The van der Waals surface area contributed by atoms with Crippen LogP contribution in [0.3, 0.4) is 0 Å². The Kier molecular flexibility index (Phi) is 7.20. The molecular formula is C18H31N3. The Labute approximate surface area is 130 Å². The number of hydrogen-bond donors (Lipinski definition) is 1. The van der Waals surface area contributed by atoms with Gasteiger partial charge in [0.15, 0.2) is 0 Å². The molecule has 1 aliphatic rings. The summed E-state index contributed by atoms with van der Waals surface area (Å²) in [4.78, 5) is 4.96. The second-order valence-corrected chi connectivity index (χ2v) is 6.28. The molecule has 3 nitrogen and oxygen atoms in total. The first-order valence-electron chi connectivity index (χ1n) is 8.47. The van der Waals surface area contributed by atoms with Crippen LogP contribution < -0.4 is 5.32 Å². The fourth-order valence-corrected chi connectivity index (χ4v) is 2.76. The van der Waals surface area contributed by atoms with Gasteiger partial charge in [0.1, 0.15) is 0 Å². The normalized spacial score (nSPS) is 17.2. The third-order valence-corrected chi connectivity index (χ3v) is 4.31. The lowest BCUT2D eigenvalue weighted by Crippen LogP contribution is -2.43. The van der Waals surface area contributed by atoms with E-state index >= 15 is 0 Å². The molecule has 0 bridgehead atoms. The van der Waals surface area contributed by atoms with E-state index in [4.69, 9.17) is 0 Å². The number of benzene rings is 1. The lowest BCUT2D eigenvalue weighted by molar-refractivity contribution is 0.148. The van der Waals surface area contributed by atoms with Crippen LogP contribution in [-0.2, 0) is 13.1 Å². The lowest BCUT2D eigenvalue weighted by atomic mass is 10.1. The highest BCUT2D eigenvalue weighted by Gasteiger charge is 2.13. The van der Waals surface area contributed by atoms with Gasteiger partial charge < -0.3 is 10.2 Å². The summed E-state index contributed by atoms with van der Waals surface area (Å²) in [6.45, 7) is 10.3. The molecule has 2 rings (SSSR count). The molecule has 0 spiro atoms. The van der Waals surface area contributed by atoms with E-state index in [0.717, 1.165) is 19.6 Å². The van der Waals surface area contributed by atoms with Crippen molar-refractivity contribution in [3.63, 3.8) is 0 Å². The van der Waals surface area contributed by atoms with Crippen molar-refractivity contribution in [1.29, 1.82) is 0 Å². The fourth-order valence-electron chi connectivity index (χ4n) is 2.76. The third-order valence-electron chi connectivity index (χ3n) is 4.31.